The van der Waals surface area contributed by atoms with Gasteiger partial charge in [-0.25, -0.2) is 17.7 Å². The highest BCUT2D eigenvalue weighted by molar-refractivity contribution is 7.48. The summed E-state index contributed by atoms with van der Waals surface area (Å²) in [7, 11) is -4.12. The number of allylic oxidation sites excluding steroid dienone is 1. The van der Waals surface area contributed by atoms with E-state index >= 15 is 0 Å². The van der Waals surface area contributed by atoms with Crippen molar-refractivity contribution >= 4 is 19.5 Å². The zero-order valence-corrected chi connectivity index (χ0v) is 16.6. The summed E-state index contributed by atoms with van der Waals surface area (Å²) in [5.41, 5.74) is -0.0446. The number of phosphoric acid groups is 1. The fourth-order valence-electron chi connectivity index (χ4n) is 3.33. The van der Waals surface area contributed by atoms with Gasteiger partial charge < -0.3 is 4.74 Å². The number of carbonyl (C=O) groups is 2. The number of rotatable bonds is 4. The number of nitrogens with zero attached hydrogens (tertiary/aromatic N) is 1. The molecule has 0 N–H and O–H groups in total. The molecule has 30 heavy (non-hydrogen) atoms. The minimum Gasteiger partial charge on any atom is -0.349 e. The topological polar surface area (TPSA) is 91.4 Å². The van der Waals surface area contributed by atoms with Crippen LogP contribution in [0.5, 0.6) is 0 Å². The molecule has 1 aromatic rings. The van der Waals surface area contributed by atoms with Crippen LogP contribution in [-0.4, -0.2) is 41.6 Å². The van der Waals surface area contributed by atoms with Crippen LogP contribution < -0.4 is 0 Å². The number of amides is 1. The number of Topliss-reactive ketones (excluding diaryl/α,β-unsaturated/α-hetero) is 1. The lowest BCUT2D eigenvalue weighted by molar-refractivity contribution is -0.146. The molecule has 2 saturated heterocycles. The van der Waals surface area contributed by atoms with E-state index in [9.17, 15) is 27.3 Å². The number of benzene rings is 1. The Bertz CT molecular complexity index is 985. The molecular formula is C18H17F3NO7P. The number of fused-ring (bicyclic) bond motifs is 1. The molecule has 0 aromatic heterocycles. The fraction of sp³-hybridized carbons (Fsp3) is 0.444. The van der Waals surface area contributed by atoms with Crippen molar-refractivity contribution in [1.82, 2.24) is 4.90 Å². The van der Waals surface area contributed by atoms with Gasteiger partial charge in [-0.05, 0) is 24.6 Å². The van der Waals surface area contributed by atoms with E-state index in [1.165, 1.54) is 6.92 Å². The summed E-state index contributed by atoms with van der Waals surface area (Å²) < 4.78 is 75.1. The summed E-state index contributed by atoms with van der Waals surface area (Å²) in [5, 5.41) is 0. The quantitative estimate of drug-likeness (QED) is 0.518. The number of halogens is 3. The first-order valence-corrected chi connectivity index (χ1v) is 10.5. The molecule has 0 radical (unpaired) electrons. The molecule has 0 saturated carbocycles. The predicted molar refractivity (Wildman–Crippen MR) is 93.3 cm³/mol. The molecular weight excluding hydrogens is 430 g/mol. The second-order valence-electron chi connectivity index (χ2n) is 7.10. The van der Waals surface area contributed by atoms with E-state index in [2.05, 4.69) is 0 Å². The van der Waals surface area contributed by atoms with Crippen LogP contribution in [0.1, 0.15) is 24.0 Å². The maximum Gasteiger partial charge on any atom is 0.475 e. The Morgan fingerprint density at radius 3 is 2.73 bits per heavy atom. The molecule has 1 unspecified atom stereocenters. The molecule has 3 heterocycles. The van der Waals surface area contributed by atoms with Crippen molar-refractivity contribution < 1.29 is 45.6 Å². The van der Waals surface area contributed by atoms with E-state index in [1.807, 2.05) is 0 Å². The van der Waals surface area contributed by atoms with Gasteiger partial charge in [-0.1, -0.05) is 0 Å². The molecule has 3 aliphatic rings. The maximum absolute atomic E-state index is 13.9. The van der Waals surface area contributed by atoms with Crippen molar-refractivity contribution in [3.63, 3.8) is 0 Å². The molecule has 4 rings (SSSR count). The Morgan fingerprint density at radius 1 is 1.20 bits per heavy atom. The van der Waals surface area contributed by atoms with Crippen LogP contribution in [0.15, 0.2) is 24.2 Å². The maximum atomic E-state index is 13.9. The molecule has 1 amide bonds. The van der Waals surface area contributed by atoms with Gasteiger partial charge >= 0.3 is 7.82 Å². The lowest BCUT2D eigenvalue weighted by atomic mass is 10.1. The number of ether oxygens (including phenoxy) is 1. The average molecular weight is 447 g/mol. The Labute approximate surface area is 169 Å². The van der Waals surface area contributed by atoms with Crippen molar-refractivity contribution in [3.8, 4) is 0 Å². The highest BCUT2D eigenvalue weighted by Gasteiger charge is 2.49. The number of hydrogen-bond donors (Lipinski definition) is 0. The molecule has 4 atom stereocenters. The first kappa shape index (κ1) is 21.2. The molecule has 162 valence electrons. The average Bonchev–Trinajstić information content (AvgIpc) is 3.09. The van der Waals surface area contributed by atoms with E-state index < -0.39 is 68.4 Å². The summed E-state index contributed by atoms with van der Waals surface area (Å²) in [4.78, 5) is 24.2. The Hall–Kier alpha value is -2.04. The van der Waals surface area contributed by atoms with E-state index in [0.717, 1.165) is 23.2 Å². The number of carbonyl (C=O) groups excluding carboxylic acids is 2. The van der Waals surface area contributed by atoms with E-state index in [0.29, 0.717) is 0 Å². The van der Waals surface area contributed by atoms with Crippen molar-refractivity contribution in [2.24, 2.45) is 0 Å². The summed E-state index contributed by atoms with van der Waals surface area (Å²) in [6.07, 6.45) is -2.28. The van der Waals surface area contributed by atoms with Crippen molar-refractivity contribution in [2.75, 3.05) is 6.61 Å². The zero-order chi connectivity index (χ0) is 21.6. The minimum absolute atomic E-state index is 0.0264. The summed E-state index contributed by atoms with van der Waals surface area (Å²) in [5.74, 6) is -3.99. The zero-order valence-electron chi connectivity index (χ0n) is 15.7. The third-order valence-electron chi connectivity index (χ3n) is 4.98. The van der Waals surface area contributed by atoms with E-state index in [-0.39, 0.29) is 24.2 Å². The second-order valence-corrected chi connectivity index (χ2v) is 8.72. The predicted octanol–water partition coefficient (Wildman–Crippen LogP) is 3.04. The molecule has 0 bridgehead atoms. The highest BCUT2D eigenvalue weighted by Crippen LogP contribution is 2.56. The molecule has 1 aromatic carbocycles. The normalized spacial score (nSPS) is 31.7. The van der Waals surface area contributed by atoms with Gasteiger partial charge in [0.15, 0.2) is 5.83 Å². The van der Waals surface area contributed by atoms with Crippen LogP contribution in [-0.2, 0) is 39.1 Å². The van der Waals surface area contributed by atoms with E-state index in [1.54, 1.807) is 0 Å². The lowest BCUT2D eigenvalue weighted by Gasteiger charge is -2.30. The van der Waals surface area contributed by atoms with Crippen LogP contribution in [0, 0.1) is 18.6 Å². The summed E-state index contributed by atoms with van der Waals surface area (Å²) in [6.45, 7) is 0.637. The highest BCUT2D eigenvalue weighted by atomic mass is 31.2. The molecule has 0 aliphatic carbocycles. The molecule has 0 spiro atoms. The fourth-order valence-corrected chi connectivity index (χ4v) is 4.71. The van der Waals surface area contributed by atoms with E-state index in [4.69, 9.17) is 18.3 Å². The van der Waals surface area contributed by atoms with Crippen LogP contribution in [0.25, 0.3) is 0 Å². The minimum atomic E-state index is -4.12. The van der Waals surface area contributed by atoms with Gasteiger partial charge in [0, 0.05) is 18.2 Å². The largest absolute Gasteiger partial charge is 0.475 e. The van der Waals surface area contributed by atoms with Gasteiger partial charge in [-0.2, -0.15) is 0 Å². The van der Waals surface area contributed by atoms with Gasteiger partial charge in [0.1, 0.15) is 30.1 Å². The smallest absolute Gasteiger partial charge is 0.349 e. The number of aryl methyl sites for hydroxylation is 1. The lowest BCUT2D eigenvalue weighted by Crippen LogP contribution is -2.40. The van der Waals surface area contributed by atoms with Crippen molar-refractivity contribution in [2.45, 2.75) is 44.8 Å². The summed E-state index contributed by atoms with van der Waals surface area (Å²) >= 11 is 0. The third kappa shape index (κ3) is 4.08. The van der Waals surface area contributed by atoms with Crippen LogP contribution in [0.2, 0.25) is 0 Å². The van der Waals surface area contributed by atoms with Crippen LogP contribution in [0.4, 0.5) is 13.2 Å². The Balaban J connectivity index is 1.41. The molecule has 12 heteroatoms. The number of ketones is 1. The third-order valence-corrected chi connectivity index (χ3v) is 6.42. The number of phosphoric ester groups is 1. The van der Waals surface area contributed by atoms with Crippen molar-refractivity contribution in [1.29, 1.82) is 0 Å². The monoisotopic (exact) mass is 447 g/mol. The van der Waals surface area contributed by atoms with Gasteiger partial charge in [-0.15, -0.1) is 0 Å². The van der Waals surface area contributed by atoms with Gasteiger partial charge in [0.2, 0.25) is 11.7 Å². The summed E-state index contributed by atoms with van der Waals surface area (Å²) in [6, 6.07) is 1.92. The Kier molecular flexibility index (Phi) is 5.58. The van der Waals surface area contributed by atoms with Crippen molar-refractivity contribution in [3.05, 3.63) is 46.9 Å². The number of hydrogen-bond acceptors (Lipinski definition) is 7. The van der Waals surface area contributed by atoms with Gasteiger partial charge in [0.05, 0.1) is 19.6 Å². The Morgan fingerprint density at radius 2 is 1.97 bits per heavy atom. The first-order valence-electron chi connectivity index (χ1n) is 9.04. The second kappa shape index (κ2) is 7.90. The van der Waals surface area contributed by atoms with Gasteiger partial charge in [-0.3, -0.25) is 28.1 Å². The molecule has 8 nitrogen and oxygen atoms in total. The standard InChI is InChI=1S/C18H17F3NO7P/c1-9-2-12(20)10(3-11(9)19)7-26-30(25)27-8-16-15(29-30)5-18(28-16)22-6-13(21)14(23)4-17(22)24/h2-3,6,15-16,18H,4-5,7-8H2,1H3/t15-,16+,18+,30?/m0/s1. The van der Waals surface area contributed by atoms with Crippen LogP contribution >= 0.6 is 7.82 Å². The SMILES string of the molecule is Cc1cc(F)c(COP2(=O)OC[C@H]3O[C@@H](N4C=C(F)C(=O)CC4=O)C[C@@H]3O2)cc1F. The van der Waals surface area contributed by atoms with Gasteiger partial charge in [0.25, 0.3) is 0 Å². The first-order chi connectivity index (χ1) is 14.1. The van der Waals surface area contributed by atoms with Crippen LogP contribution in [0.3, 0.4) is 0 Å². The molecule has 2 fully saturated rings. The molecule has 3 aliphatic heterocycles.